The van der Waals surface area contributed by atoms with Crippen molar-refractivity contribution < 1.29 is 14.3 Å². The zero-order valence-electron chi connectivity index (χ0n) is 23.9. The van der Waals surface area contributed by atoms with Gasteiger partial charge in [-0.25, -0.2) is 4.98 Å². The highest BCUT2D eigenvalue weighted by Gasteiger charge is 2.34. The quantitative estimate of drug-likeness (QED) is 0.210. The van der Waals surface area contributed by atoms with Crippen molar-refractivity contribution in [3.8, 4) is 11.5 Å². The number of anilines is 1. The number of pyridine rings is 1. The average Bonchev–Trinajstić information content (AvgIpc) is 3.60. The normalized spacial score (nSPS) is 17.8. The third kappa shape index (κ3) is 5.45. The molecule has 0 atom stereocenters. The number of aromatic nitrogens is 2. The number of fused-ring (bicyclic) bond motifs is 2. The standard InChI is InChI=1S/C32H28ClN5O4S2/c1-20-5-4-10-37-28(20)34-29(36-13-11-35(12-14-36)17-21-8-9-25-26(15-21)42-19-41-25)23(30(37)39)16-27-31(40)38(32(43)44-27)18-22-6-2-3-7-24(22)33/h2-10,15-16H,11-14,17-19H2,1H3. The Morgan fingerprint density at radius 3 is 2.61 bits per heavy atom. The van der Waals surface area contributed by atoms with Gasteiger partial charge in [-0.1, -0.05) is 65.9 Å². The van der Waals surface area contributed by atoms with E-state index >= 15 is 0 Å². The SMILES string of the molecule is Cc1cccn2c(=O)c(C=C3SC(=S)N(Cc4ccccc4Cl)C3=O)c(N3CCN(Cc4ccc5c(c4)OCO5)CC3)nc12. The first-order valence-corrected chi connectivity index (χ1v) is 15.8. The number of rotatable bonds is 6. The first-order chi connectivity index (χ1) is 21.4. The van der Waals surface area contributed by atoms with Gasteiger partial charge in [0.15, 0.2) is 11.5 Å². The van der Waals surface area contributed by atoms with E-state index in [2.05, 4.69) is 15.9 Å². The minimum atomic E-state index is -0.256. The Morgan fingerprint density at radius 2 is 1.80 bits per heavy atom. The molecule has 7 rings (SSSR count). The van der Waals surface area contributed by atoms with Crippen molar-refractivity contribution in [2.24, 2.45) is 0 Å². The van der Waals surface area contributed by atoms with Gasteiger partial charge < -0.3 is 14.4 Å². The third-order valence-corrected chi connectivity index (χ3v) is 9.76. The number of amides is 1. The second-order valence-electron chi connectivity index (χ2n) is 10.8. The summed E-state index contributed by atoms with van der Waals surface area (Å²) in [4.78, 5) is 39.0. The molecule has 0 radical (unpaired) electrons. The number of thiocarbonyl (C=S) groups is 1. The van der Waals surface area contributed by atoms with E-state index in [0.717, 1.165) is 47.8 Å². The highest BCUT2D eigenvalue weighted by atomic mass is 35.5. The van der Waals surface area contributed by atoms with Crippen molar-refractivity contribution in [3.05, 3.63) is 103 Å². The number of piperazine rings is 1. The van der Waals surface area contributed by atoms with Crippen LogP contribution < -0.4 is 19.9 Å². The number of halogens is 1. The molecule has 3 aliphatic heterocycles. The fourth-order valence-corrected chi connectivity index (χ4v) is 7.08. The molecular formula is C32H28ClN5O4S2. The van der Waals surface area contributed by atoms with Crippen molar-refractivity contribution in [3.63, 3.8) is 0 Å². The zero-order chi connectivity index (χ0) is 30.4. The second kappa shape index (κ2) is 11.9. The second-order valence-corrected chi connectivity index (χ2v) is 12.9. The highest BCUT2D eigenvalue weighted by Crippen LogP contribution is 2.36. The summed E-state index contributed by atoms with van der Waals surface area (Å²) in [6, 6.07) is 17.2. The molecule has 0 N–H and O–H groups in total. The minimum absolute atomic E-state index is 0.229. The van der Waals surface area contributed by atoms with Gasteiger partial charge in [0.1, 0.15) is 15.8 Å². The van der Waals surface area contributed by atoms with Gasteiger partial charge in [0.05, 0.1) is 17.0 Å². The third-order valence-electron chi connectivity index (χ3n) is 8.01. The lowest BCUT2D eigenvalue weighted by Gasteiger charge is -2.36. The Bertz CT molecular complexity index is 1900. The monoisotopic (exact) mass is 645 g/mol. The van der Waals surface area contributed by atoms with E-state index in [9.17, 15) is 9.59 Å². The zero-order valence-corrected chi connectivity index (χ0v) is 26.3. The fourth-order valence-electron chi connectivity index (χ4n) is 5.65. The van der Waals surface area contributed by atoms with Crippen molar-refractivity contribution in [1.82, 2.24) is 19.2 Å². The lowest BCUT2D eigenvalue weighted by molar-refractivity contribution is -0.122. The van der Waals surface area contributed by atoms with Crippen LogP contribution in [-0.2, 0) is 17.9 Å². The van der Waals surface area contributed by atoms with Gasteiger partial charge in [0.2, 0.25) is 6.79 Å². The Kier molecular flexibility index (Phi) is 7.79. The van der Waals surface area contributed by atoms with Crippen molar-refractivity contribution in [1.29, 1.82) is 0 Å². The van der Waals surface area contributed by atoms with Gasteiger partial charge in [-0.05, 0) is 54.0 Å². The first-order valence-electron chi connectivity index (χ1n) is 14.2. The smallest absolute Gasteiger partial charge is 0.267 e. The van der Waals surface area contributed by atoms with Gasteiger partial charge in [0.25, 0.3) is 11.5 Å². The number of carbonyl (C=O) groups excluding carboxylic acids is 1. The summed E-state index contributed by atoms with van der Waals surface area (Å²) in [7, 11) is 0. The van der Waals surface area contributed by atoms with Gasteiger partial charge in [-0.2, -0.15) is 0 Å². The van der Waals surface area contributed by atoms with E-state index in [1.165, 1.54) is 16.7 Å². The van der Waals surface area contributed by atoms with E-state index < -0.39 is 0 Å². The molecule has 224 valence electrons. The molecule has 0 aliphatic carbocycles. The van der Waals surface area contributed by atoms with Crippen LogP contribution in [0.5, 0.6) is 11.5 Å². The number of thioether (sulfide) groups is 1. The van der Waals surface area contributed by atoms with E-state index in [4.69, 9.17) is 38.3 Å². The number of hydrogen-bond donors (Lipinski definition) is 0. The summed E-state index contributed by atoms with van der Waals surface area (Å²) in [5.74, 6) is 1.87. The summed E-state index contributed by atoms with van der Waals surface area (Å²) in [5, 5.41) is 0.567. The predicted molar refractivity (Wildman–Crippen MR) is 176 cm³/mol. The molecule has 12 heteroatoms. The Balaban J connectivity index is 1.17. The maximum atomic E-state index is 14.0. The number of hydrogen-bond acceptors (Lipinski definition) is 9. The van der Waals surface area contributed by atoms with Crippen LogP contribution in [0.15, 0.2) is 70.5 Å². The molecule has 5 heterocycles. The summed E-state index contributed by atoms with van der Waals surface area (Å²) in [6.07, 6.45) is 3.37. The fraction of sp³-hybridized carbons (Fsp3) is 0.250. The van der Waals surface area contributed by atoms with Gasteiger partial charge in [0, 0.05) is 43.9 Å². The highest BCUT2D eigenvalue weighted by molar-refractivity contribution is 8.26. The lowest BCUT2D eigenvalue weighted by Crippen LogP contribution is -2.47. The molecule has 0 spiro atoms. The van der Waals surface area contributed by atoms with Crippen molar-refractivity contribution >= 4 is 63.3 Å². The molecule has 0 bridgehead atoms. The molecule has 44 heavy (non-hydrogen) atoms. The summed E-state index contributed by atoms with van der Waals surface area (Å²) >= 11 is 13.1. The van der Waals surface area contributed by atoms with Gasteiger partial charge in [-0.15, -0.1) is 0 Å². The van der Waals surface area contributed by atoms with E-state index in [1.54, 1.807) is 22.7 Å². The van der Waals surface area contributed by atoms with Crippen LogP contribution >= 0.6 is 35.6 Å². The summed E-state index contributed by atoms with van der Waals surface area (Å²) in [5.41, 5.74) is 3.58. The van der Waals surface area contributed by atoms with Crippen LogP contribution in [-0.4, -0.2) is 62.4 Å². The molecule has 2 fully saturated rings. The number of carbonyl (C=O) groups is 1. The number of aryl methyl sites for hydroxylation is 1. The van der Waals surface area contributed by atoms with Gasteiger partial charge >= 0.3 is 0 Å². The summed E-state index contributed by atoms with van der Waals surface area (Å²) < 4.78 is 13.0. The van der Waals surface area contributed by atoms with Crippen LogP contribution in [0.25, 0.3) is 11.7 Å². The lowest BCUT2D eigenvalue weighted by atomic mass is 10.1. The maximum absolute atomic E-state index is 14.0. The largest absolute Gasteiger partial charge is 0.454 e. The molecule has 3 aliphatic rings. The molecule has 9 nitrogen and oxygen atoms in total. The van der Waals surface area contributed by atoms with E-state index in [1.807, 2.05) is 49.4 Å². The van der Waals surface area contributed by atoms with Crippen LogP contribution in [0.2, 0.25) is 5.02 Å². The molecule has 4 aromatic rings. The van der Waals surface area contributed by atoms with Crippen molar-refractivity contribution in [2.75, 3.05) is 37.9 Å². The molecule has 0 saturated carbocycles. The van der Waals surface area contributed by atoms with E-state index in [-0.39, 0.29) is 24.8 Å². The first kappa shape index (κ1) is 28.8. The van der Waals surface area contributed by atoms with E-state index in [0.29, 0.717) is 44.4 Å². The molecule has 2 saturated heterocycles. The van der Waals surface area contributed by atoms with Crippen LogP contribution in [0.4, 0.5) is 5.82 Å². The Hall–Kier alpha value is -3.90. The Labute approximate surface area is 268 Å². The number of ether oxygens (including phenoxy) is 2. The minimum Gasteiger partial charge on any atom is -0.454 e. The summed E-state index contributed by atoms with van der Waals surface area (Å²) in [6.45, 7) is 6.13. The Morgan fingerprint density at radius 1 is 1.00 bits per heavy atom. The molecule has 1 amide bonds. The predicted octanol–water partition coefficient (Wildman–Crippen LogP) is 5.11. The van der Waals surface area contributed by atoms with Crippen LogP contribution in [0.3, 0.4) is 0 Å². The molecule has 0 unspecified atom stereocenters. The molecule has 2 aromatic carbocycles. The van der Waals surface area contributed by atoms with Crippen molar-refractivity contribution in [2.45, 2.75) is 20.0 Å². The molecular weight excluding hydrogens is 618 g/mol. The van der Waals surface area contributed by atoms with Crippen LogP contribution in [0, 0.1) is 6.92 Å². The number of benzene rings is 2. The average molecular weight is 646 g/mol. The molecule has 2 aromatic heterocycles. The maximum Gasteiger partial charge on any atom is 0.267 e. The van der Waals surface area contributed by atoms with Crippen LogP contribution in [0.1, 0.15) is 22.3 Å². The topological polar surface area (TPSA) is 79.6 Å². The van der Waals surface area contributed by atoms with Gasteiger partial charge in [-0.3, -0.25) is 23.8 Å². The number of nitrogens with zero attached hydrogens (tertiary/aromatic N) is 5.